The predicted molar refractivity (Wildman–Crippen MR) is 71.5 cm³/mol. The third-order valence-electron chi connectivity index (χ3n) is 3.60. The largest absolute Gasteiger partial charge is 0.478 e. The monoisotopic (exact) mass is 258 g/mol. The van der Waals surface area contributed by atoms with Crippen molar-refractivity contribution < 1.29 is 9.90 Å². The highest BCUT2D eigenvalue weighted by Gasteiger charge is 2.23. The van der Waals surface area contributed by atoms with Gasteiger partial charge in [0.15, 0.2) is 0 Å². The van der Waals surface area contributed by atoms with Crippen LogP contribution in [-0.4, -0.2) is 22.5 Å². The van der Waals surface area contributed by atoms with E-state index in [9.17, 15) is 4.79 Å². The summed E-state index contributed by atoms with van der Waals surface area (Å²) in [7, 11) is 0. The molecule has 0 radical (unpaired) electrons. The Morgan fingerprint density at radius 1 is 1.42 bits per heavy atom. The second-order valence-corrected chi connectivity index (χ2v) is 5.74. The fraction of sp³-hybridized carbons (Fsp3) is 0.467. The molecule has 0 fully saturated rings. The van der Waals surface area contributed by atoms with Crippen molar-refractivity contribution in [3.05, 3.63) is 34.9 Å². The summed E-state index contributed by atoms with van der Waals surface area (Å²) in [4.78, 5) is 13.2. The molecule has 1 aliphatic rings. The van der Waals surface area contributed by atoms with Crippen LogP contribution in [0.4, 0.5) is 0 Å². The zero-order chi connectivity index (χ0) is 14.0. The highest BCUT2D eigenvalue weighted by atomic mass is 16.4. The van der Waals surface area contributed by atoms with E-state index in [1.54, 1.807) is 12.1 Å². The van der Waals surface area contributed by atoms with Gasteiger partial charge in [0.1, 0.15) is 0 Å². The average molecular weight is 258 g/mol. The maximum atomic E-state index is 10.9. The third kappa shape index (κ3) is 3.12. The van der Waals surface area contributed by atoms with E-state index in [-0.39, 0.29) is 5.41 Å². The van der Waals surface area contributed by atoms with Gasteiger partial charge in [0.05, 0.1) is 17.0 Å². The van der Waals surface area contributed by atoms with E-state index in [0.29, 0.717) is 5.56 Å². The summed E-state index contributed by atoms with van der Waals surface area (Å²) in [5.41, 5.74) is 2.33. The molecule has 0 amide bonds. The lowest BCUT2D eigenvalue weighted by molar-refractivity contribution is 0.0696. The number of benzene rings is 1. The zero-order valence-corrected chi connectivity index (χ0v) is 11.3. The van der Waals surface area contributed by atoms with Gasteiger partial charge in [0.25, 0.3) is 0 Å². The Morgan fingerprint density at radius 3 is 2.74 bits per heavy atom. The van der Waals surface area contributed by atoms with Gasteiger partial charge in [-0.1, -0.05) is 6.07 Å². The van der Waals surface area contributed by atoms with Crippen molar-refractivity contribution in [3.8, 4) is 6.07 Å². The van der Waals surface area contributed by atoms with Gasteiger partial charge >= 0.3 is 5.97 Å². The van der Waals surface area contributed by atoms with E-state index in [1.165, 1.54) is 5.56 Å². The molecule has 0 aromatic heterocycles. The van der Waals surface area contributed by atoms with Crippen LogP contribution in [0.25, 0.3) is 0 Å². The van der Waals surface area contributed by atoms with Crippen molar-refractivity contribution in [1.82, 2.24) is 4.90 Å². The molecule has 1 aromatic carbocycles. The van der Waals surface area contributed by atoms with Crippen molar-refractivity contribution >= 4 is 5.97 Å². The fourth-order valence-electron chi connectivity index (χ4n) is 2.25. The minimum Gasteiger partial charge on any atom is -0.478 e. The van der Waals surface area contributed by atoms with E-state index in [1.807, 2.05) is 19.9 Å². The van der Waals surface area contributed by atoms with Gasteiger partial charge in [-0.3, -0.25) is 4.90 Å². The summed E-state index contributed by atoms with van der Waals surface area (Å²) in [5, 5.41) is 18.0. The molecule has 0 unspecified atom stereocenters. The molecule has 1 heterocycles. The molecule has 100 valence electrons. The Morgan fingerprint density at radius 2 is 2.11 bits per heavy atom. The van der Waals surface area contributed by atoms with Crippen molar-refractivity contribution in [2.24, 2.45) is 5.41 Å². The first-order valence-electron chi connectivity index (χ1n) is 6.40. The molecule has 4 heteroatoms. The molecule has 1 aliphatic heterocycles. The van der Waals surface area contributed by atoms with Crippen molar-refractivity contribution in [2.45, 2.75) is 33.4 Å². The summed E-state index contributed by atoms with van der Waals surface area (Å²) in [6.07, 6.45) is 0.823. The highest BCUT2D eigenvalue weighted by Crippen LogP contribution is 2.26. The standard InChI is InChI=1S/C15H18N2O2/c1-15(2,10-16)5-6-17-8-12-4-3-11(14(18)19)7-13(12)9-17/h3-4,7H,5-6,8-9H2,1-2H3,(H,18,19). The number of carboxylic acid groups (broad SMARTS) is 1. The van der Waals surface area contributed by atoms with Crippen molar-refractivity contribution in [1.29, 1.82) is 5.26 Å². The maximum absolute atomic E-state index is 10.9. The normalized spacial score (nSPS) is 15.0. The average Bonchev–Trinajstić information content (AvgIpc) is 2.78. The Balaban J connectivity index is 2.01. The maximum Gasteiger partial charge on any atom is 0.335 e. The Bertz CT molecular complexity index is 544. The van der Waals surface area contributed by atoms with Crippen molar-refractivity contribution in [3.63, 3.8) is 0 Å². The first kappa shape index (κ1) is 13.6. The first-order valence-corrected chi connectivity index (χ1v) is 6.40. The number of carboxylic acids is 1. The van der Waals surface area contributed by atoms with E-state index in [2.05, 4.69) is 11.0 Å². The lowest BCUT2D eigenvalue weighted by atomic mass is 9.91. The minimum atomic E-state index is -0.883. The Kier molecular flexibility index (Phi) is 3.59. The lowest BCUT2D eigenvalue weighted by Gasteiger charge is -2.20. The molecule has 0 bridgehead atoms. The number of carbonyl (C=O) groups is 1. The molecule has 0 saturated carbocycles. The molecular formula is C15H18N2O2. The van der Waals surface area contributed by atoms with Crippen LogP contribution in [-0.2, 0) is 13.1 Å². The molecule has 0 spiro atoms. The number of rotatable bonds is 4. The topological polar surface area (TPSA) is 64.3 Å². The second kappa shape index (κ2) is 5.02. The fourth-order valence-corrected chi connectivity index (χ4v) is 2.25. The summed E-state index contributed by atoms with van der Waals surface area (Å²) in [6, 6.07) is 7.62. The number of aromatic carboxylic acids is 1. The van der Waals surface area contributed by atoms with Crippen LogP contribution >= 0.6 is 0 Å². The van der Waals surface area contributed by atoms with Crippen LogP contribution in [0.15, 0.2) is 18.2 Å². The Hall–Kier alpha value is -1.86. The molecule has 2 rings (SSSR count). The number of nitriles is 1. The molecule has 0 aliphatic carbocycles. The highest BCUT2D eigenvalue weighted by molar-refractivity contribution is 5.87. The number of nitrogens with zero attached hydrogens (tertiary/aromatic N) is 2. The number of fused-ring (bicyclic) bond motifs is 1. The Labute approximate surface area is 113 Å². The van der Waals surface area contributed by atoms with Crippen LogP contribution in [0.2, 0.25) is 0 Å². The molecule has 0 atom stereocenters. The lowest BCUT2D eigenvalue weighted by Crippen LogP contribution is -2.23. The van der Waals surface area contributed by atoms with Crippen LogP contribution in [0.1, 0.15) is 41.8 Å². The van der Waals surface area contributed by atoms with Gasteiger partial charge in [-0.05, 0) is 43.5 Å². The van der Waals surface area contributed by atoms with Crippen LogP contribution < -0.4 is 0 Å². The van der Waals surface area contributed by atoms with Gasteiger partial charge < -0.3 is 5.11 Å². The van der Waals surface area contributed by atoms with Crippen LogP contribution in [0, 0.1) is 16.7 Å². The van der Waals surface area contributed by atoms with Crippen LogP contribution in [0.5, 0.6) is 0 Å². The van der Waals surface area contributed by atoms with E-state index < -0.39 is 5.97 Å². The molecule has 1 aromatic rings. The minimum absolute atomic E-state index is 0.305. The molecule has 0 saturated heterocycles. The van der Waals surface area contributed by atoms with Gasteiger partial charge in [0, 0.05) is 19.6 Å². The zero-order valence-electron chi connectivity index (χ0n) is 11.3. The van der Waals surface area contributed by atoms with Gasteiger partial charge in [-0.15, -0.1) is 0 Å². The quantitative estimate of drug-likeness (QED) is 0.901. The number of hydrogen-bond donors (Lipinski definition) is 1. The second-order valence-electron chi connectivity index (χ2n) is 5.74. The van der Waals surface area contributed by atoms with Gasteiger partial charge in [-0.25, -0.2) is 4.79 Å². The predicted octanol–water partition coefficient (Wildman–Crippen LogP) is 2.64. The summed E-state index contributed by atoms with van der Waals surface area (Å²) in [6.45, 7) is 6.36. The molecule has 19 heavy (non-hydrogen) atoms. The molecular weight excluding hydrogens is 240 g/mol. The summed E-state index contributed by atoms with van der Waals surface area (Å²) in [5.74, 6) is -0.883. The molecule has 1 N–H and O–H groups in total. The van der Waals surface area contributed by atoms with Crippen molar-refractivity contribution in [2.75, 3.05) is 6.54 Å². The van der Waals surface area contributed by atoms with Gasteiger partial charge in [0.2, 0.25) is 0 Å². The van der Waals surface area contributed by atoms with E-state index >= 15 is 0 Å². The van der Waals surface area contributed by atoms with Crippen LogP contribution in [0.3, 0.4) is 0 Å². The smallest absolute Gasteiger partial charge is 0.335 e. The van der Waals surface area contributed by atoms with Gasteiger partial charge in [-0.2, -0.15) is 5.26 Å². The van der Waals surface area contributed by atoms with E-state index in [4.69, 9.17) is 10.4 Å². The number of hydrogen-bond acceptors (Lipinski definition) is 3. The summed E-state index contributed by atoms with van der Waals surface area (Å²) >= 11 is 0. The third-order valence-corrected chi connectivity index (χ3v) is 3.60. The summed E-state index contributed by atoms with van der Waals surface area (Å²) < 4.78 is 0. The molecule has 4 nitrogen and oxygen atoms in total. The SMILES string of the molecule is CC(C)(C#N)CCN1Cc2ccc(C(=O)O)cc2C1. The van der Waals surface area contributed by atoms with E-state index in [0.717, 1.165) is 31.6 Å². The first-order chi connectivity index (χ1) is 8.91.